The van der Waals surface area contributed by atoms with Gasteiger partial charge in [0.1, 0.15) is 0 Å². The van der Waals surface area contributed by atoms with E-state index in [-0.39, 0.29) is 24.0 Å². The van der Waals surface area contributed by atoms with Gasteiger partial charge in [-0.3, -0.25) is 0 Å². The van der Waals surface area contributed by atoms with Gasteiger partial charge in [0.2, 0.25) is 10.0 Å². The van der Waals surface area contributed by atoms with Gasteiger partial charge < -0.3 is 14.6 Å². The van der Waals surface area contributed by atoms with Crippen molar-refractivity contribution in [3.63, 3.8) is 0 Å². The normalized spacial score (nSPS) is 13.9. The Morgan fingerprint density at radius 3 is 2.21 bits per heavy atom. The van der Waals surface area contributed by atoms with Crippen LogP contribution in [0.1, 0.15) is 25.8 Å². The van der Waals surface area contributed by atoms with Crippen molar-refractivity contribution in [2.45, 2.75) is 37.8 Å². The minimum Gasteiger partial charge on any atom is -0.493 e. The molecule has 0 heterocycles. The molecule has 0 aromatic heterocycles. The summed E-state index contributed by atoms with van der Waals surface area (Å²) in [6.07, 6.45) is 0.726. The lowest BCUT2D eigenvalue weighted by molar-refractivity contribution is 0.139. The van der Waals surface area contributed by atoms with Crippen molar-refractivity contribution in [1.29, 1.82) is 0 Å². The second-order valence-corrected chi connectivity index (χ2v) is 9.16. The fourth-order valence-electron chi connectivity index (χ4n) is 3.11. The lowest BCUT2D eigenvalue weighted by atomic mass is 9.99. The van der Waals surface area contributed by atoms with Gasteiger partial charge in [0.15, 0.2) is 11.5 Å². The number of nitrogens with zero attached hydrogens (tertiary/aromatic N) is 1. The summed E-state index contributed by atoms with van der Waals surface area (Å²) >= 11 is 5.92. The molecule has 2 atom stereocenters. The Morgan fingerprint density at radius 2 is 1.69 bits per heavy atom. The van der Waals surface area contributed by atoms with Crippen molar-refractivity contribution in [2.24, 2.45) is 5.92 Å². The van der Waals surface area contributed by atoms with Crippen LogP contribution in [0, 0.1) is 5.92 Å². The third-order valence-electron chi connectivity index (χ3n) is 5.06. The summed E-state index contributed by atoms with van der Waals surface area (Å²) in [4.78, 5) is 0.129. The predicted molar refractivity (Wildman–Crippen MR) is 114 cm³/mol. The predicted octanol–water partition coefficient (Wildman–Crippen LogP) is 3.96. The fourth-order valence-corrected chi connectivity index (χ4v) is 4.94. The first-order chi connectivity index (χ1) is 13.8. The molecule has 0 unspecified atom stereocenters. The number of rotatable bonds is 10. The van der Waals surface area contributed by atoms with E-state index < -0.39 is 16.1 Å². The molecule has 0 bridgehead atoms. The molecule has 0 spiro atoms. The quantitative estimate of drug-likeness (QED) is 0.604. The van der Waals surface area contributed by atoms with Crippen molar-refractivity contribution < 1.29 is 23.0 Å². The number of methoxy groups -OCH3 is 2. The smallest absolute Gasteiger partial charge is 0.243 e. The number of hydrogen-bond acceptors (Lipinski definition) is 5. The number of aliphatic hydroxyl groups is 1. The van der Waals surface area contributed by atoms with Crippen LogP contribution in [0.2, 0.25) is 5.02 Å². The standard InChI is InChI=1S/C21H28ClNO5S/c1-5-15(2)19(14-24)23(29(25,26)18-9-7-17(22)8-10-18)13-16-6-11-20(27-3)21(12-16)28-4/h6-12,15,19,24H,5,13-14H2,1-4H3/t15-,19+/m0/s1. The number of ether oxygens (including phenoxy) is 2. The Kier molecular flexibility index (Phi) is 8.34. The largest absolute Gasteiger partial charge is 0.493 e. The first kappa shape index (κ1) is 23.5. The molecule has 0 radical (unpaired) electrons. The molecule has 0 aliphatic rings. The monoisotopic (exact) mass is 441 g/mol. The van der Waals surface area contributed by atoms with E-state index in [9.17, 15) is 13.5 Å². The maximum absolute atomic E-state index is 13.5. The highest BCUT2D eigenvalue weighted by Gasteiger charge is 2.34. The number of sulfonamides is 1. The molecule has 6 nitrogen and oxygen atoms in total. The first-order valence-corrected chi connectivity index (χ1v) is 11.2. The zero-order valence-electron chi connectivity index (χ0n) is 17.1. The highest BCUT2D eigenvalue weighted by atomic mass is 35.5. The van der Waals surface area contributed by atoms with Crippen molar-refractivity contribution in [1.82, 2.24) is 4.31 Å². The molecule has 0 saturated heterocycles. The van der Waals surface area contributed by atoms with Crippen LogP contribution in [-0.2, 0) is 16.6 Å². The SMILES string of the molecule is CC[C@H](C)[C@@H](CO)N(Cc1ccc(OC)c(OC)c1)S(=O)(=O)c1ccc(Cl)cc1. The molecule has 0 saturated carbocycles. The Hall–Kier alpha value is -1.80. The van der Waals surface area contributed by atoms with Crippen molar-refractivity contribution >= 4 is 21.6 Å². The Bertz CT molecular complexity index is 902. The van der Waals surface area contributed by atoms with Gasteiger partial charge in [-0.05, 0) is 47.9 Å². The Balaban J connectivity index is 2.51. The summed E-state index contributed by atoms with van der Waals surface area (Å²) in [5, 5.41) is 10.5. The van der Waals surface area contributed by atoms with Crippen LogP contribution in [-0.4, -0.2) is 44.7 Å². The van der Waals surface area contributed by atoms with E-state index in [0.29, 0.717) is 16.5 Å². The molecule has 160 valence electrons. The molecule has 29 heavy (non-hydrogen) atoms. The van der Waals surface area contributed by atoms with Crippen LogP contribution in [0.15, 0.2) is 47.4 Å². The summed E-state index contributed by atoms with van der Waals surface area (Å²) < 4.78 is 38.9. The summed E-state index contributed by atoms with van der Waals surface area (Å²) in [6.45, 7) is 3.70. The highest BCUT2D eigenvalue weighted by molar-refractivity contribution is 7.89. The van der Waals surface area contributed by atoms with Gasteiger partial charge in [0.05, 0.1) is 31.8 Å². The molecule has 2 aromatic rings. The number of hydrogen-bond donors (Lipinski definition) is 1. The lowest BCUT2D eigenvalue weighted by Gasteiger charge is -2.33. The van der Waals surface area contributed by atoms with Crippen molar-refractivity contribution in [2.75, 3.05) is 20.8 Å². The number of benzene rings is 2. The molecule has 2 rings (SSSR count). The molecular formula is C21H28ClNO5S. The Morgan fingerprint density at radius 1 is 1.07 bits per heavy atom. The van der Waals surface area contributed by atoms with Crippen LogP contribution < -0.4 is 9.47 Å². The van der Waals surface area contributed by atoms with E-state index in [1.165, 1.54) is 23.5 Å². The summed E-state index contributed by atoms with van der Waals surface area (Å²) in [5.41, 5.74) is 0.724. The molecular weight excluding hydrogens is 414 g/mol. The third kappa shape index (κ3) is 5.42. The van der Waals surface area contributed by atoms with E-state index >= 15 is 0 Å². The molecule has 0 amide bonds. The maximum Gasteiger partial charge on any atom is 0.243 e. The van der Waals surface area contributed by atoms with Gasteiger partial charge in [0, 0.05) is 11.6 Å². The first-order valence-electron chi connectivity index (χ1n) is 9.37. The molecule has 2 aromatic carbocycles. The van der Waals surface area contributed by atoms with Crippen molar-refractivity contribution in [3.8, 4) is 11.5 Å². The molecule has 0 aliphatic heterocycles. The summed E-state index contributed by atoms with van der Waals surface area (Å²) in [5.74, 6) is 1.03. The number of aliphatic hydroxyl groups excluding tert-OH is 1. The second kappa shape index (κ2) is 10.3. The van der Waals surface area contributed by atoms with E-state index in [4.69, 9.17) is 21.1 Å². The van der Waals surface area contributed by atoms with E-state index in [1.54, 1.807) is 37.4 Å². The van der Waals surface area contributed by atoms with E-state index in [2.05, 4.69) is 0 Å². The highest BCUT2D eigenvalue weighted by Crippen LogP contribution is 2.31. The van der Waals surface area contributed by atoms with Gasteiger partial charge in [-0.15, -0.1) is 0 Å². The fraction of sp³-hybridized carbons (Fsp3) is 0.429. The zero-order chi connectivity index (χ0) is 21.6. The third-order valence-corrected chi connectivity index (χ3v) is 7.20. The molecule has 0 fully saturated rings. The van der Waals surface area contributed by atoms with Gasteiger partial charge in [-0.25, -0.2) is 8.42 Å². The maximum atomic E-state index is 13.5. The van der Waals surface area contributed by atoms with Gasteiger partial charge >= 0.3 is 0 Å². The van der Waals surface area contributed by atoms with Crippen molar-refractivity contribution in [3.05, 3.63) is 53.1 Å². The minimum atomic E-state index is -3.88. The molecule has 8 heteroatoms. The topological polar surface area (TPSA) is 76.1 Å². The molecule has 0 aliphatic carbocycles. The van der Waals surface area contributed by atoms with Crippen LogP contribution in [0.25, 0.3) is 0 Å². The van der Waals surface area contributed by atoms with Crippen LogP contribution in [0.4, 0.5) is 0 Å². The van der Waals surface area contributed by atoms with Gasteiger partial charge in [-0.1, -0.05) is 37.9 Å². The summed E-state index contributed by atoms with van der Waals surface area (Å²) in [7, 11) is -0.807. The van der Waals surface area contributed by atoms with Gasteiger partial charge in [-0.2, -0.15) is 4.31 Å². The van der Waals surface area contributed by atoms with Gasteiger partial charge in [0.25, 0.3) is 0 Å². The number of halogens is 1. The lowest BCUT2D eigenvalue weighted by Crippen LogP contribution is -2.45. The van der Waals surface area contributed by atoms with Crippen LogP contribution in [0.5, 0.6) is 11.5 Å². The average molecular weight is 442 g/mol. The Labute approximate surface area is 178 Å². The van der Waals surface area contributed by atoms with Crippen LogP contribution >= 0.6 is 11.6 Å². The average Bonchev–Trinajstić information content (AvgIpc) is 2.73. The van der Waals surface area contributed by atoms with Crippen LogP contribution in [0.3, 0.4) is 0 Å². The zero-order valence-corrected chi connectivity index (χ0v) is 18.7. The summed E-state index contributed by atoms with van der Waals surface area (Å²) in [6, 6.07) is 10.7. The minimum absolute atomic E-state index is 0.0396. The second-order valence-electron chi connectivity index (χ2n) is 6.83. The van der Waals surface area contributed by atoms with E-state index in [0.717, 1.165) is 12.0 Å². The molecule has 1 N–H and O–H groups in total. The van der Waals surface area contributed by atoms with E-state index in [1.807, 2.05) is 13.8 Å².